The van der Waals surface area contributed by atoms with Crippen LogP contribution in [0.3, 0.4) is 0 Å². The second-order valence-corrected chi connectivity index (χ2v) is 5.73. The van der Waals surface area contributed by atoms with Crippen LogP contribution in [0.15, 0.2) is 18.3 Å². The Morgan fingerprint density at radius 1 is 1.45 bits per heavy atom. The number of hydrogen-bond acceptors (Lipinski definition) is 3. The summed E-state index contributed by atoms with van der Waals surface area (Å²) >= 11 is 5.22. The van der Waals surface area contributed by atoms with Gasteiger partial charge in [-0.25, -0.2) is 4.98 Å². The Hall–Kier alpha value is -1.36. The maximum atomic E-state index is 5.22. The fraction of sp³-hybridized carbons (Fsp3) is 0.600. The summed E-state index contributed by atoms with van der Waals surface area (Å²) in [7, 11) is 0. The van der Waals surface area contributed by atoms with E-state index in [1.54, 1.807) is 0 Å². The van der Waals surface area contributed by atoms with Crippen molar-refractivity contribution in [2.75, 3.05) is 23.3 Å². The fourth-order valence-corrected chi connectivity index (χ4v) is 2.70. The van der Waals surface area contributed by atoms with Crippen molar-refractivity contribution in [1.29, 1.82) is 0 Å². The molecule has 0 bridgehead atoms. The van der Waals surface area contributed by atoms with Crippen molar-refractivity contribution in [1.82, 2.24) is 10.3 Å². The van der Waals surface area contributed by atoms with Crippen LogP contribution in [-0.2, 0) is 0 Å². The molecule has 0 saturated carbocycles. The molecule has 4 nitrogen and oxygen atoms in total. The lowest BCUT2D eigenvalue weighted by molar-refractivity contribution is 0.481. The first-order valence-electron chi connectivity index (χ1n) is 7.48. The lowest BCUT2D eigenvalue weighted by atomic mass is 10.0. The van der Waals surface area contributed by atoms with Gasteiger partial charge in [-0.05, 0) is 57.0 Å². The van der Waals surface area contributed by atoms with Crippen LogP contribution in [0.5, 0.6) is 0 Å². The minimum Gasteiger partial charge on any atom is -0.362 e. The monoisotopic (exact) mass is 292 g/mol. The van der Waals surface area contributed by atoms with E-state index in [1.165, 1.54) is 19.3 Å². The number of thiocarbonyl (C=S) groups is 1. The van der Waals surface area contributed by atoms with E-state index in [4.69, 9.17) is 12.2 Å². The summed E-state index contributed by atoms with van der Waals surface area (Å²) in [6, 6.07) is 4.71. The minimum absolute atomic E-state index is 0.586. The molecule has 20 heavy (non-hydrogen) atoms. The summed E-state index contributed by atoms with van der Waals surface area (Å²) in [6.45, 7) is 6.39. The molecular formula is C15H24N4S. The van der Waals surface area contributed by atoms with Crippen molar-refractivity contribution in [2.45, 2.75) is 45.6 Å². The molecule has 0 aromatic carbocycles. The van der Waals surface area contributed by atoms with Crippen LogP contribution in [0.1, 0.15) is 39.5 Å². The lowest BCUT2D eigenvalue weighted by Gasteiger charge is -2.34. The maximum absolute atomic E-state index is 5.22. The van der Waals surface area contributed by atoms with E-state index in [0.29, 0.717) is 11.2 Å². The van der Waals surface area contributed by atoms with Crippen LogP contribution in [0, 0.1) is 0 Å². The molecule has 1 aliphatic rings. The van der Waals surface area contributed by atoms with Gasteiger partial charge in [-0.1, -0.05) is 6.92 Å². The van der Waals surface area contributed by atoms with Gasteiger partial charge in [0, 0.05) is 19.1 Å². The van der Waals surface area contributed by atoms with E-state index in [1.807, 2.05) is 12.3 Å². The van der Waals surface area contributed by atoms with E-state index in [0.717, 1.165) is 31.0 Å². The SMILES string of the molecule is CCCNC(=S)Nc1ccc(N2CCCCC2C)nc1. The van der Waals surface area contributed by atoms with Crippen molar-refractivity contribution in [3.8, 4) is 0 Å². The highest BCUT2D eigenvalue weighted by atomic mass is 32.1. The molecule has 0 radical (unpaired) electrons. The van der Waals surface area contributed by atoms with Crippen LogP contribution in [0.25, 0.3) is 0 Å². The van der Waals surface area contributed by atoms with Crippen LogP contribution >= 0.6 is 12.2 Å². The summed E-state index contributed by atoms with van der Waals surface area (Å²) < 4.78 is 0. The Balaban J connectivity index is 1.93. The number of aromatic nitrogens is 1. The summed E-state index contributed by atoms with van der Waals surface area (Å²) in [5.41, 5.74) is 0.937. The van der Waals surface area contributed by atoms with Gasteiger partial charge < -0.3 is 15.5 Å². The van der Waals surface area contributed by atoms with E-state index in [9.17, 15) is 0 Å². The molecule has 1 unspecified atom stereocenters. The highest BCUT2D eigenvalue weighted by Crippen LogP contribution is 2.23. The third-order valence-electron chi connectivity index (χ3n) is 3.64. The standard InChI is InChI=1S/C15H24N4S/c1-3-9-16-15(20)18-13-7-8-14(17-11-13)19-10-5-4-6-12(19)2/h7-8,11-12H,3-6,9-10H2,1-2H3,(H2,16,18,20). The highest BCUT2D eigenvalue weighted by molar-refractivity contribution is 7.80. The molecule has 5 heteroatoms. The molecule has 0 amide bonds. The third-order valence-corrected chi connectivity index (χ3v) is 3.88. The quantitative estimate of drug-likeness (QED) is 0.834. The molecule has 110 valence electrons. The number of piperidine rings is 1. The first kappa shape index (κ1) is 15.0. The van der Waals surface area contributed by atoms with Gasteiger partial charge >= 0.3 is 0 Å². The first-order valence-corrected chi connectivity index (χ1v) is 7.89. The Kier molecular flexibility index (Phi) is 5.59. The van der Waals surface area contributed by atoms with Crippen LogP contribution in [-0.4, -0.2) is 29.2 Å². The Morgan fingerprint density at radius 2 is 2.30 bits per heavy atom. The third kappa shape index (κ3) is 4.07. The van der Waals surface area contributed by atoms with Crippen molar-refractivity contribution in [3.63, 3.8) is 0 Å². The molecule has 1 fully saturated rings. The molecular weight excluding hydrogens is 268 g/mol. The Labute approximate surface area is 127 Å². The van der Waals surface area contributed by atoms with Crippen molar-refractivity contribution >= 4 is 28.8 Å². The van der Waals surface area contributed by atoms with Gasteiger partial charge in [0.2, 0.25) is 0 Å². The molecule has 1 saturated heterocycles. The number of hydrogen-bond donors (Lipinski definition) is 2. The number of anilines is 2. The fourth-order valence-electron chi connectivity index (χ4n) is 2.48. The van der Waals surface area contributed by atoms with Crippen molar-refractivity contribution in [2.24, 2.45) is 0 Å². The average molecular weight is 292 g/mol. The Morgan fingerprint density at radius 3 is 2.95 bits per heavy atom. The smallest absolute Gasteiger partial charge is 0.170 e. The zero-order chi connectivity index (χ0) is 14.4. The van der Waals surface area contributed by atoms with E-state index >= 15 is 0 Å². The molecule has 0 spiro atoms. The molecule has 1 atom stereocenters. The molecule has 1 aliphatic heterocycles. The molecule has 2 N–H and O–H groups in total. The largest absolute Gasteiger partial charge is 0.362 e. The van der Waals surface area contributed by atoms with Gasteiger partial charge in [0.25, 0.3) is 0 Å². The second-order valence-electron chi connectivity index (χ2n) is 5.32. The predicted octanol–water partition coefficient (Wildman–Crippen LogP) is 3.16. The van der Waals surface area contributed by atoms with Gasteiger partial charge in [0.15, 0.2) is 5.11 Å². The highest BCUT2D eigenvalue weighted by Gasteiger charge is 2.19. The summed E-state index contributed by atoms with van der Waals surface area (Å²) in [4.78, 5) is 6.95. The second kappa shape index (κ2) is 7.43. The normalized spacial score (nSPS) is 18.7. The number of rotatable bonds is 4. The molecule has 1 aromatic heterocycles. The van der Waals surface area contributed by atoms with Gasteiger partial charge in [0.1, 0.15) is 5.82 Å². The molecule has 2 heterocycles. The van der Waals surface area contributed by atoms with Crippen molar-refractivity contribution < 1.29 is 0 Å². The van der Waals surface area contributed by atoms with E-state index in [2.05, 4.69) is 40.4 Å². The van der Waals surface area contributed by atoms with Crippen LogP contribution in [0.4, 0.5) is 11.5 Å². The van der Waals surface area contributed by atoms with Gasteiger partial charge in [-0.2, -0.15) is 0 Å². The minimum atomic E-state index is 0.586. The van der Waals surface area contributed by atoms with Crippen molar-refractivity contribution in [3.05, 3.63) is 18.3 Å². The first-order chi connectivity index (χ1) is 9.70. The van der Waals surface area contributed by atoms with E-state index < -0.39 is 0 Å². The lowest BCUT2D eigenvalue weighted by Crippen LogP contribution is -2.37. The molecule has 0 aliphatic carbocycles. The Bertz CT molecular complexity index is 432. The van der Waals surface area contributed by atoms with Gasteiger partial charge in [-0.3, -0.25) is 0 Å². The van der Waals surface area contributed by atoms with Crippen LogP contribution < -0.4 is 15.5 Å². The number of pyridine rings is 1. The average Bonchev–Trinajstić information content (AvgIpc) is 2.47. The van der Waals surface area contributed by atoms with Gasteiger partial charge in [0.05, 0.1) is 11.9 Å². The van der Waals surface area contributed by atoms with E-state index in [-0.39, 0.29) is 0 Å². The summed E-state index contributed by atoms with van der Waals surface area (Å²) in [5.74, 6) is 1.06. The number of nitrogens with one attached hydrogen (secondary N) is 2. The zero-order valence-electron chi connectivity index (χ0n) is 12.4. The van der Waals surface area contributed by atoms with Gasteiger partial charge in [-0.15, -0.1) is 0 Å². The zero-order valence-corrected chi connectivity index (χ0v) is 13.2. The summed E-state index contributed by atoms with van der Waals surface area (Å²) in [5, 5.41) is 6.97. The number of nitrogens with zero attached hydrogens (tertiary/aromatic N) is 2. The van der Waals surface area contributed by atoms with Crippen LogP contribution in [0.2, 0.25) is 0 Å². The maximum Gasteiger partial charge on any atom is 0.170 e. The molecule has 1 aromatic rings. The topological polar surface area (TPSA) is 40.2 Å². The predicted molar refractivity (Wildman–Crippen MR) is 89.4 cm³/mol. The summed E-state index contributed by atoms with van der Waals surface area (Å²) in [6.07, 6.45) is 6.76. The molecule has 2 rings (SSSR count).